The van der Waals surface area contributed by atoms with Crippen LogP contribution in [0.25, 0.3) is 0 Å². The normalized spacial score (nSPS) is 18.3. The lowest BCUT2D eigenvalue weighted by Crippen LogP contribution is -2.22. The van der Waals surface area contributed by atoms with Crippen molar-refractivity contribution in [1.29, 1.82) is 0 Å². The Labute approximate surface area is 122 Å². The highest BCUT2D eigenvalue weighted by molar-refractivity contribution is 14.1. The van der Waals surface area contributed by atoms with Crippen LogP contribution in [-0.4, -0.2) is 23.3 Å². The van der Waals surface area contributed by atoms with Crippen molar-refractivity contribution < 1.29 is 0 Å². The topological polar surface area (TPSA) is 12.0 Å². The maximum Gasteiger partial charge on any atom is 0.0108 e. The molecule has 0 amide bonds. The van der Waals surface area contributed by atoms with Gasteiger partial charge in [-0.15, -0.1) is 11.8 Å². The summed E-state index contributed by atoms with van der Waals surface area (Å²) in [5.41, 5.74) is 1.55. The van der Waals surface area contributed by atoms with E-state index in [2.05, 4.69) is 52.2 Å². The third-order valence-corrected chi connectivity index (χ3v) is 5.19. The van der Waals surface area contributed by atoms with Crippen LogP contribution in [0.2, 0.25) is 0 Å². The van der Waals surface area contributed by atoms with Crippen LogP contribution >= 0.6 is 34.4 Å². The minimum Gasteiger partial charge on any atom is -0.316 e. The molecule has 1 aromatic carbocycles. The number of nitrogens with one attached hydrogen (secondary N) is 1. The lowest BCUT2D eigenvalue weighted by molar-refractivity contribution is 0.584. The maximum absolute atomic E-state index is 3.61. The Bertz CT molecular complexity index is 343. The Morgan fingerprint density at radius 3 is 3.00 bits per heavy atom. The Kier molecular flexibility index (Phi) is 6.15. The fourth-order valence-electron chi connectivity index (χ4n) is 2.20. The van der Waals surface area contributed by atoms with E-state index in [1.165, 1.54) is 40.9 Å². The zero-order valence-corrected chi connectivity index (χ0v) is 13.1. The van der Waals surface area contributed by atoms with Crippen molar-refractivity contribution in [1.82, 2.24) is 5.32 Å². The second kappa shape index (κ2) is 7.64. The highest BCUT2D eigenvalue weighted by Gasteiger charge is 2.21. The molecule has 0 aliphatic carbocycles. The predicted molar refractivity (Wildman–Crippen MR) is 85.5 cm³/mol. The molecule has 1 aliphatic heterocycles. The average molecular weight is 361 g/mol. The van der Waals surface area contributed by atoms with E-state index in [0.29, 0.717) is 0 Å². The first kappa shape index (κ1) is 13.7. The lowest BCUT2D eigenvalue weighted by atomic mass is 10.0. The molecule has 94 valence electrons. The molecule has 1 unspecified atom stereocenters. The minimum atomic E-state index is 0.723. The number of fused-ring (bicyclic) bond motifs is 1. The van der Waals surface area contributed by atoms with Crippen molar-refractivity contribution in [2.24, 2.45) is 0 Å². The molecule has 0 spiro atoms. The van der Waals surface area contributed by atoms with Crippen molar-refractivity contribution in [3.8, 4) is 0 Å². The number of unbranched alkanes of at least 4 members (excludes halogenated alkanes) is 2. The van der Waals surface area contributed by atoms with Crippen molar-refractivity contribution in [2.75, 3.05) is 23.3 Å². The monoisotopic (exact) mass is 361 g/mol. The molecule has 1 atom stereocenters. The molecule has 17 heavy (non-hydrogen) atoms. The molecule has 0 saturated carbocycles. The Hall–Kier alpha value is 0.260. The van der Waals surface area contributed by atoms with E-state index in [4.69, 9.17) is 0 Å². The summed E-state index contributed by atoms with van der Waals surface area (Å²) in [6.45, 7) is 2.33. The van der Waals surface area contributed by atoms with Gasteiger partial charge in [0.2, 0.25) is 0 Å². The Morgan fingerprint density at radius 1 is 1.24 bits per heavy atom. The van der Waals surface area contributed by atoms with Crippen LogP contribution in [0, 0.1) is 0 Å². The van der Waals surface area contributed by atoms with E-state index >= 15 is 0 Å². The highest BCUT2D eigenvalue weighted by Crippen LogP contribution is 2.38. The molecule has 1 aromatic rings. The van der Waals surface area contributed by atoms with Crippen LogP contribution in [0.1, 0.15) is 30.7 Å². The number of rotatable bonds is 7. The molecule has 0 saturated heterocycles. The van der Waals surface area contributed by atoms with Crippen molar-refractivity contribution in [3.05, 3.63) is 29.8 Å². The predicted octanol–water partition coefficient (Wildman–Crippen LogP) is 4.07. The molecule has 2 rings (SSSR count). The van der Waals surface area contributed by atoms with Crippen LogP contribution in [-0.2, 0) is 0 Å². The number of alkyl halides is 1. The summed E-state index contributed by atoms with van der Waals surface area (Å²) >= 11 is 4.46. The fourth-order valence-corrected chi connectivity index (χ4v) is 3.99. The fraction of sp³-hybridized carbons (Fsp3) is 0.571. The number of hydrogen-bond donors (Lipinski definition) is 1. The van der Waals surface area contributed by atoms with Gasteiger partial charge in [-0.2, -0.15) is 0 Å². The molecule has 1 nitrogen and oxygen atoms in total. The van der Waals surface area contributed by atoms with Crippen molar-refractivity contribution in [3.63, 3.8) is 0 Å². The first-order valence-electron chi connectivity index (χ1n) is 6.40. The molecule has 1 heterocycles. The smallest absolute Gasteiger partial charge is 0.0108 e. The molecule has 0 aromatic heterocycles. The summed E-state index contributed by atoms with van der Waals surface area (Å²) in [5.74, 6) is 1.97. The van der Waals surface area contributed by atoms with Gasteiger partial charge < -0.3 is 5.32 Å². The van der Waals surface area contributed by atoms with Gasteiger partial charge in [-0.1, -0.05) is 47.2 Å². The van der Waals surface area contributed by atoms with Crippen molar-refractivity contribution in [2.45, 2.75) is 30.1 Å². The van der Waals surface area contributed by atoms with Gasteiger partial charge in [0.15, 0.2) is 0 Å². The van der Waals surface area contributed by atoms with E-state index in [9.17, 15) is 0 Å². The van der Waals surface area contributed by atoms with Gasteiger partial charge in [0.25, 0.3) is 0 Å². The quantitative estimate of drug-likeness (QED) is 0.446. The number of hydrogen-bond acceptors (Lipinski definition) is 2. The molecule has 3 heteroatoms. The summed E-state index contributed by atoms with van der Waals surface area (Å²) in [7, 11) is 0. The van der Waals surface area contributed by atoms with Gasteiger partial charge in [-0.05, 0) is 35.4 Å². The lowest BCUT2D eigenvalue weighted by Gasteiger charge is -2.11. The number of benzene rings is 1. The zero-order valence-electron chi connectivity index (χ0n) is 10.1. The van der Waals surface area contributed by atoms with E-state index in [0.717, 1.165) is 12.5 Å². The molecular formula is C14H20INS. The van der Waals surface area contributed by atoms with Crippen molar-refractivity contribution >= 4 is 34.4 Å². The zero-order chi connectivity index (χ0) is 11.9. The molecule has 1 aliphatic rings. The summed E-state index contributed by atoms with van der Waals surface area (Å²) in [6, 6.07) is 8.85. The van der Waals surface area contributed by atoms with E-state index in [1.54, 1.807) is 5.56 Å². The van der Waals surface area contributed by atoms with Crippen LogP contribution in [0.4, 0.5) is 0 Å². The van der Waals surface area contributed by atoms with Gasteiger partial charge in [0.1, 0.15) is 0 Å². The van der Waals surface area contributed by atoms with Crippen LogP contribution in [0.5, 0.6) is 0 Å². The summed E-state index contributed by atoms with van der Waals surface area (Å²) < 4.78 is 1.30. The second-order valence-electron chi connectivity index (χ2n) is 4.50. The first-order valence-corrected chi connectivity index (χ1v) is 8.91. The summed E-state index contributed by atoms with van der Waals surface area (Å²) in [5, 5.41) is 3.61. The molecule has 0 bridgehead atoms. The van der Waals surface area contributed by atoms with Gasteiger partial charge in [-0.25, -0.2) is 0 Å². The highest BCUT2D eigenvalue weighted by atomic mass is 127. The standard InChI is InChI=1S/C14H20INS/c15-8-4-1-5-9-16-10-12-11-17-14-7-3-2-6-13(12)14/h2-3,6-7,12,16H,1,4-5,8-11H2. The third kappa shape index (κ3) is 4.14. The summed E-state index contributed by atoms with van der Waals surface area (Å²) in [6.07, 6.45) is 4.06. The van der Waals surface area contributed by atoms with Crippen LogP contribution < -0.4 is 5.32 Å². The number of halogens is 1. The SMILES string of the molecule is ICCCCCNCC1CSc2ccccc21. The van der Waals surface area contributed by atoms with Gasteiger partial charge in [0, 0.05) is 23.1 Å². The van der Waals surface area contributed by atoms with Gasteiger partial charge in [0.05, 0.1) is 0 Å². The largest absolute Gasteiger partial charge is 0.316 e. The molecular weight excluding hydrogens is 341 g/mol. The van der Waals surface area contributed by atoms with Crippen LogP contribution in [0.3, 0.4) is 0 Å². The van der Waals surface area contributed by atoms with E-state index in [1.807, 2.05) is 11.8 Å². The van der Waals surface area contributed by atoms with E-state index < -0.39 is 0 Å². The Morgan fingerprint density at radius 2 is 2.12 bits per heavy atom. The Balaban J connectivity index is 1.68. The minimum absolute atomic E-state index is 0.723. The van der Waals surface area contributed by atoms with Gasteiger partial charge >= 0.3 is 0 Å². The third-order valence-electron chi connectivity index (χ3n) is 3.18. The van der Waals surface area contributed by atoms with Crippen LogP contribution in [0.15, 0.2) is 29.2 Å². The first-order chi connectivity index (χ1) is 8.42. The average Bonchev–Trinajstić information content (AvgIpc) is 2.77. The molecule has 1 N–H and O–H groups in total. The number of thioether (sulfide) groups is 1. The van der Waals surface area contributed by atoms with Gasteiger partial charge in [-0.3, -0.25) is 0 Å². The molecule has 0 radical (unpaired) electrons. The molecule has 0 fully saturated rings. The summed E-state index contributed by atoms with van der Waals surface area (Å²) in [4.78, 5) is 1.49. The van der Waals surface area contributed by atoms with E-state index in [-0.39, 0.29) is 0 Å². The second-order valence-corrected chi connectivity index (χ2v) is 6.64. The maximum atomic E-state index is 3.61.